The maximum absolute atomic E-state index is 5.89. The molecule has 1 aromatic heterocycles. The SMILES string of the molecule is CCCNC(c1ccc(CC)o1)C(C)CCOC. The lowest BCUT2D eigenvalue weighted by molar-refractivity contribution is 0.166. The summed E-state index contributed by atoms with van der Waals surface area (Å²) in [5, 5.41) is 3.58. The van der Waals surface area contributed by atoms with Crippen LogP contribution < -0.4 is 5.32 Å². The van der Waals surface area contributed by atoms with E-state index in [1.807, 2.05) is 0 Å². The molecule has 1 rings (SSSR count). The highest BCUT2D eigenvalue weighted by molar-refractivity contribution is 5.11. The Morgan fingerprint density at radius 2 is 2.11 bits per heavy atom. The summed E-state index contributed by atoms with van der Waals surface area (Å²) in [5.41, 5.74) is 0. The van der Waals surface area contributed by atoms with Crippen molar-refractivity contribution in [2.75, 3.05) is 20.3 Å². The number of methoxy groups -OCH3 is 1. The van der Waals surface area contributed by atoms with Gasteiger partial charge >= 0.3 is 0 Å². The fourth-order valence-electron chi connectivity index (χ4n) is 2.10. The van der Waals surface area contributed by atoms with Gasteiger partial charge in [-0.25, -0.2) is 0 Å². The molecule has 0 radical (unpaired) electrons. The molecule has 0 fully saturated rings. The normalized spacial score (nSPS) is 14.7. The first-order valence-corrected chi connectivity index (χ1v) is 7.03. The molecular formula is C15H27NO2. The van der Waals surface area contributed by atoms with Crippen LogP contribution in [0, 0.1) is 5.92 Å². The molecule has 18 heavy (non-hydrogen) atoms. The van der Waals surface area contributed by atoms with Crippen LogP contribution in [-0.4, -0.2) is 20.3 Å². The number of rotatable bonds is 9. The molecule has 0 amide bonds. The Labute approximate surface area is 111 Å². The summed E-state index contributed by atoms with van der Waals surface area (Å²) in [6, 6.07) is 4.48. The zero-order chi connectivity index (χ0) is 13.4. The van der Waals surface area contributed by atoms with E-state index in [0.29, 0.717) is 12.0 Å². The van der Waals surface area contributed by atoms with Crippen LogP contribution in [0.3, 0.4) is 0 Å². The van der Waals surface area contributed by atoms with Gasteiger partial charge in [0.05, 0.1) is 6.04 Å². The summed E-state index contributed by atoms with van der Waals surface area (Å²) in [6.45, 7) is 8.37. The average Bonchev–Trinajstić information content (AvgIpc) is 2.85. The monoisotopic (exact) mass is 253 g/mol. The standard InChI is InChI=1S/C15H27NO2/c1-5-10-16-15(12(3)9-11-17-4)14-8-7-13(6-2)18-14/h7-8,12,15-16H,5-6,9-11H2,1-4H3. The molecule has 1 N–H and O–H groups in total. The molecule has 0 aromatic carbocycles. The molecule has 3 nitrogen and oxygen atoms in total. The highest BCUT2D eigenvalue weighted by Crippen LogP contribution is 2.26. The zero-order valence-corrected chi connectivity index (χ0v) is 12.2. The molecule has 0 aliphatic carbocycles. The third-order valence-corrected chi connectivity index (χ3v) is 3.30. The van der Waals surface area contributed by atoms with Gasteiger partial charge in [0.15, 0.2) is 0 Å². The van der Waals surface area contributed by atoms with Crippen molar-refractivity contribution in [2.45, 2.75) is 46.1 Å². The molecule has 1 heterocycles. The second-order valence-electron chi connectivity index (χ2n) is 4.85. The number of hydrogen-bond donors (Lipinski definition) is 1. The van der Waals surface area contributed by atoms with Crippen molar-refractivity contribution >= 4 is 0 Å². The summed E-state index contributed by atoms with van der Waals surface area (Å²) >= 11 is 0. The Morgan fingerprint density at radius 1 is 1.33 bits per heavy atom. The minimum Gasteiger partial charge on any atom is -0.464 e. The number of hydrogen-bond acceptors (Lipinski definition) is 3. The molecular weight excluding hydrogens is 226 g/mol. The molecule has 2 atom stereocenters. The van der Waals surface area contributed by atoms with Gasteiger partial charge in [0.1, 0.15) is 11.5 Å². The first-order valence-electron chi connectivity index (χ1n) is 7.03. The Balaban J connectivity index is 2.69. The van der Waals surface area contributed by atoms with Crippen molar-refractivity contribution in [3.05, 3.63) is 23.7 Å². The van der Waals surface area contributed by atoms with E-state index in [9.17, 15) is 0 Å². The van der Waals surface area contributed by atoms with Crippen LogP contribution in [0.2, 0.25) is 0 Å². The molecule has 0 saturated heterocycles. The Morgan fingerprint density at radius 3 is 2.67 bits per heavy atom. The van der Waals surface area contributed by atoms with Gasteiger partial charge in [-0.05, 0) is 37.4 Å². The Hall–Kier alpha value is -0.800. The number of nitrogens with one attached hydrogen (secondary N) is 1. The third-order valence-electron chi connectivity index (χ3n) is 3.30. The molecule has 3 heteroatoms. The molecule has 0 saturated carbocycles. The van der Waals surface area contributed by atoms with E-state index >= 15 is 0 Å². The summed E-state index contributed by atoms with van der Waals surface area (Å²) in [5.74, 6) is 2.63. The van der Waals surface area contributed by atoms with E-state index in [1.165, 1.54) is 0 Å². The number of ether oxygens (including phenoxy) is 1. The quantitative estimate of drug-likeness (QED) is 0.730. The van der Waals surface area contributed by atoms with Gasteiger partial charge in [0.25, 0.3) is 0 Å². The maximum atomic E-state index is 5.89. The molecule has 0 aliphatic heterocycles. The van der Waals surface area contributed by atoms with Crippen molar-refractivity contribution in [1.82, 2.24) is 5.32 Å². The van der Waals surface area contributed by atoms with Gasteiger partial charge in [-0.1, -0.05) is 20.8 Å². The fourth-order valence-corrected chi connectivity index (χ4v) is 2.10. The van der Waals surface area contributed by atoms with Gasteiger partial charge in [-0.2, -0.15) is 0 Å². The molecule has 2 unspecified atom stereocenters. The Bertz CT molecular complexity index is 322. The zero-order valence-electron chi connectivity index (χ0n) is 12.2. The van der Waals surface area contributed by atoms with Crippen LogP contribution in [0.15, 0.2) is 16.5 Å². The summed E-state index contributed by atoms with van der Waals surface area (Å²) in [7, 11) is 1.75. The predicted octanol–water partition coefficient (Wildman–Crippen LogP) is 3.56. The lowest BCUT2D eigenvalue weighted by Gasteiger charge is -2.23. The number of furan rings is 1. The smallest absolute Gasteiger partial charge is 0.121 e. The van der Waals surface area contributed by atoms with E-state index in [0.717, 1.165) is 43.9 Å². The van der Waals surface area contributed by atoms with Crippen LogP contribution in [0.5, 0.6) is 0 Å². The van der Waals surface area contributed by atoms with Crippen molar-refractivity contribution in [3.63, 3.8) is 0 Å². The van der Waals surface area contributed by atoms with Crippen LogP contribution in [0.25, 0.3) is 0 Å². The topological polar surface area (TPSA) is 34.4 Å². The summed E-state index contributed by atoms with van der Waals surface area (Å²) in [4.78, 5) is 0. The second-order valence-corrected chi connectivity index (χ2v) is 4.85. The van der Waals surface area contributed by atoms with Crippen molar-refractivity contribution in [1.29, 1.82) is 0 Å². The average molecular weight is 253 g/mol. The van der Waals surface area contributed by atoms with Crippen LogP contribution in [0.1, 0.15) is 51.2 Å². The first-order chi connectivity index (χ1) is 8.72. The molecule has 0 bridgehead atoms. The fraction of sp³-hybridized carbons (Fsp3) is 0.733. The van der Waals surface area contributed by atoms with Crippen LogP contribution >= 0.6 is 0 Å². The molecule has 0 spiro atoms. The van der Waals surface area contributed by atoms with Crippen molar-refractivity contribution in [2.24, 2.45) is 5.92 Å². The highest BCUT2D eigenvalue weighted by atomic mass is 16.5. The number of aryl methyl sites for hydroxylation is 1. The predicted molar refractivity (Wildman–Crippen MR) is 74.8 cm³/mol. The van der Waals surface area contributed by atoms with Crippen molar-refractivity contribution in [3.8, 4) is 0 Å². The molecule has 104 valence electrons. The first kappa shape index (κ1) is 15.3. The minimum atomic E-state index is 0.292. The minimum absolute atomic E-state index is 0.292. The van der Waals surface area contributed by atoms with E-state index in [1.54, 1.807) is 7.11 Å². The van der Waals surface area contributed by atoms with Crippen LogP contribution in [0.4, 0.5) is 0 Å². The lowest BCUT2D eigenvalue weighted by atomic mass is 9.96. The Kier molecular flexibility index (Phi) is 7.06. The highest BCUT2D eigenvalue weighted by Gasteiger charge is 2.21. The van der Waals surface area contributed by atoms with Gasteiger partial charge in [0, 0.05) is 20.1 Å². The van der Waals surface area contributed by atoms with E-state index in [4.69, 9.17) is 9.15 Å². The molecule has 1 aromatic rings. The third kappa shape index (κ3) is 4.46. The van der Waals surface area contributed by atoms with E-state index in [2.05, 4.69) is 38.2 Å². The van der Waals surface area contributed by atoms with Gasteiger partial charge in [-0.15, -0.1) is 0 Å². The largest absolute Gasteiger partial charge is 0.464 e. The van der Waals surface area contributed by atoms with Crippen LogP contribution in [-0.2, 0) is 11.2 Å². The van der Waals surface area contributed by atoms with Gasteiger partial charge in [0.2, 0.25) is 0 Å². The van der Waals surface area contributed by atoms with Gasteiger partial charge < -0.3 is 14.5 Å². The summed E-state index contributed by atoms with van der Waals surface area (Å²) in [6.07, 6.45) is 3.13. The molecule has 0 aliphatic rings. The van der Waals surface area contributed by atoms with Crippen molar-refractivity contribution < 1.29 is 9.15 Å². The van der Waals surface area contributed by atoms with E-state index < -0.39 is 0 Å². The van der Waals surface area contributed by atoms with E-state index in [-0.39, 0.29) is 0 Å². The van der Waals surface area contributed by atoms with Gasteiger partial charge in [-0.3, -0.25) is 0 Å². The maximum Gasteiger partial charge on any atom is 0.121 e. The lowest BCUT2D eigenvalue weighted by Crippen LogP contribution is -2.28. The second kappa shape index (κ2) is 8.33. The summed E-state index contributed by atoms with van der Waals surface area (Å²) < 4.78 is 11.1.